The van der Waals surface area contributed by atoms with Crippen LogP contribution >= 0.6 is 0 Å². The summed E-state index contributed by atoms with van der Waals surface area (Å²) in [4.78, 5) is 24.6. The van der Waals surface area contributed by atoms with E-state index in [-0.39, 0.29) is 25.2 Å². The summed E-state index contributed by atoms with van der Waals surface area (Å²) >= 11 is 0. The van der Waals surface area contributed by atoms with Crippen molar-refractivity contribution in [1.29, 1.82) is 0 Å². The zero-order valence-corrected chi connectivity index (χ0v) is 52.7. The zero-order valence-electron chi connectivity index (χ0n) is 52.7. The lowest BCUT2D eigenvalue weighted by Gasteiger charge is -2.15. The minimum Gasteiger partial charge on any atom is -0.462 e. The maximum absolute atomic E-state index is 12.4. The number of unbranched alkanes of at least 4 members (excludes halogenated alkanes) is 21. The van der Waals surface area contributed by atoms with E-state index in [2.05, 4.69) is 196 Å². The van der Waals surface area contributed by atoms with Crippen molar-refractivity contribution in [2.75, 3.05) is 13.2 Å². The van der Waals surface area contributed by atoms with E-state index in [4.69, 9.17) is 9.47 Å². The fraction of sp³-hybridized carbons (Fsp3) is 0.584. The molecule has 0 aromatic carbocycles. The van der Waals surface area contributed by atoms with Crippen molar-refractivity contribution in [3.63, 3.8) is 0 Å². The first-order valence-electron chi connectivity index (χ1n) is 33.3. The summed E-state index contributed by atoms with van der Waals surface area (Å²) < 4.78 is 10.7. The monoisotopic (exact) mass is 1130 g/mol. The van der Waals surface area contributed by atoms with Crippen molar-refractivity contribution in [2.45, 2.75) is 277 Å². The SMILES string of the molecule is CC/C=C\C/C=C\C/C=C\C/C=C\C/C=C\C/C=C\C/C=C\C/C=C\C/C=C\CCCCCCCCCC(=O)OC(CO)COC(=O)CCCCCCCCCCCCCCCC/C=C\C/C=C\C/C=C\C/C=C\C/C=C\C/C=C\CC. The third kappa shape index (κ3) is 67.5. The van der Waals surface area contributed by atoms with Crippen LogP contribution in [0, 0.1) is 0 Å². The van der Waals surface area contributed by atoms with Gasteiger partial charge in [0.1, 0.15) is 6.61 Å². The second kappa shape index (κ2) is 70.3. The lowest BCUT2D eigenvalue weighted by Crippen LogP contribution is -2.28. The number of ether oxygens (including phenoxy) is 2. The summed E-state index contributed by atoms with van der Waals surface area (Å²) in [6, 6.07) is 0. The van der Waals surface area contributed by atoms with E-state index >= 15 is 0 Å². The molecule has 1 atom stereocenters. The average molecular weight is 1130 g/mol. The summed E-state index contributed by atoms with van der Waals surface area (Å²) in [7, 11) is 0. The standard InChI is InChI=1S/C77H122O5/c1-3-5-7-9-11-13-15-17-19-21-23-25-27-29-31-33-35-37-38-40-42-44-46-48-50-52-54-56-58-60-62-64-66-68-70-72-77(80)82-75(73-78)74-81-76(79)71-69-67-65-63-61-59-57-55-53-51-49-47-45-43-41-39-36-34-32-30-28-26-24-22-20-18-16-14-12-10-8-6-4-2/h5-8,11-14,17-20,23-26,29-32,35-37,39-40,42,46,48,52,54,75,78H,3-4,9-10,15-16,21-22,27-28,33-34,38,41,43-45,47,49-51,53,55-74H2,1-2H3/b7-5-,8-6-,13-11-,14-12-,19-17-,20-18-,25-23-,26-24-,31-29-,32-30-,37-35-,39-36-,42-40-,48-46-,54-52-. The highest BCUT2D eigenvalue weighted by Gasteiger charge is 2.16. The van der Waals surface area contributed by atoms with Gasteiger partial charge in [0.05, 0.1) is 6.61 Å². The van der Waals surface area contributed by atoms with Crippen molar-refractivity contribution >= 4 is 11.9 Å². The predicted molar refractivity (Wildman–Crippen MR) is 361 cm³/mol. The number of hydrogen-bond acceptors (Lipinski definition) is 5. The Morgan fingerprint density at radius 2 is 0.488 bits per heavy atom. The Labute approximate surface area is 505 Å². The highest BCUT2D eigenvalue weighted by molar-refractivity contribution is 5.70. The van der Waals surface area contributed by atoms with E-state index < -0.39 is 6.10 Å². The molecule has 1 N–H and O–H groups in total. The smallest absolute Gasteiger partial charge is 0.306 e. The number of carbonyl (C=O) groups excluding carboxylic acids is 2. The molecule has 82 heavy (non-hydrogen) atoms. The van der Waals surface area contributed by atoms with Gasteiger partial charge in [-0.3, -0.25) is 9.59 Å². The molecule has 0 bridgehead atoms. The van der Waals surface area contributed by atoms with Gasteiger partial charge in [-0.05, 0) is 135 Å². The second-order valence-corrected chi connectivity index (χ2v) is 21.4. The normalized spacial score (nSPS) is 13.5. The summed E-state index contributed by atoms with van der Waals surface area (Å²) in [5.74, 6) is -0.611. The molecule has 0 radical (unpaired) electrons. The molecule has 0 aliphatic rings. The first-order chi connectivity index (χ1) is 40.6. The zero-order chi connectivity index (χ0) is 59.1. The van der Waals surface area contributed by atoms with Gasteiger partial charge in [0.15, 0.2) is 6.10 Å². The number of carbonyl (C=O) groups is 2. The number of hydrogen-bond donors (Lipinski definition) is 1. The average Bonchev–Trinajstić information content (AvgIpc) is 3.49. The number of aliphatic hydroxyl groups is 1. The molecule has 0 rings (SSSR count). The Morgan fingerprint density at radius 1 is 0.280 bits per heavy atom. The first kappa shape index (κ1) is 77.0. The van der Waals surface area contributed by atoms with Crippen LogP contribution in [0.4, 0.5) is 0 Å². The third-order valence-corrected chi connectivity index (χ3v) is 13.7. The molecule has 0 amide bonds. The van der Waals surface area contributed by atoms with Gasteiger partial charge < -0.3 is 14.6 Å². The molecular formula is C77H122O5. The van der Waals surface area contributed by atoms with Crippen molar-refractivity contribution in [3.05, 3.63) is 182 Å². The highest BCUT2D eigenvalue weighted by Crippen LogP contribution is 2.15. The highest BCUT2D eigenvalue weighted by atomic mass is 16.6. The van der Waals surface area contributed by atoms with Crippen LogP contribution in [-0.2, 0) is 19.1 Å². The van der Waals surface area contributed by atoms with Crippen molar-refractivity contribution in [2.24, 2.45) is 0 Å². The van der Waals surface area contributed by atoms with Crippen LogP contribution in [0.1, 0.15) is 271 Å². The lowest BCUT2D eigenvalue weighted by molar-refractivity contribution is -0.161. The number of rotatable bonds is 59. The Balaban J connectivity index is 3.58. The Kier molecular flexibility index (Phi) is 66.0. The van der Waals surface area contributed by atoms with Crippen molar-refractivity contribution in [1.82, 2.24) is 0 Å². The fourth-order valence-corrected chi connectivity index (χ4v) is 8.79. The largest absolute Gasteiger partial charge is 0.462 e. The molecule has 0 saturated carbocycles. The lowest BCUT2D eigenvalue weighted by atomic mass is 10.0. The molecule has 460 valence electrons. The Morgan fingerprint density at radius 3 is 0.732 bits per heavy atom. The molecule has 5 heteroatoms. The summed E-state index contributed by atoms with van der Waals surface area (Å²) in [6.45, 7) is 3.90. The summed E-state index contributed by atoms with van der Waals surface area (Å²) in [5, 5.41) is 9.70. The van der Waals surface area contributed by atoms with Crippen molar-refractivity contribution < 1.29 is 24.2 Å². The predicted octanol–water partition coefficient (Wildman–Crippen LogP) is 23.4. The quantitative estimate of drug-likeness (QED) is 0.0373. The van der Waals surface area contributed by atoms with Gasteiger partial charge >= 0.3 is 11.9 Å². The van der Waals surface area contributed by atoms with Gasteiger partial charge in [-0.2, -0.15) is 0 Å². The summed E-state index contributed by atoms with van der Waals surface area (Å²) in [6.07, 6.45) is 110. The van der Waals surface area contributed by atoms with Gasteiger partial charge in [0, 0.05) is 12.8 Å². The molecule has 0 fully saturated rings. The summed E-state index contributed by atoms with van der Waals surface area (Å²) in [5.41, 5.74) is 0. The molecule has 0 spiro atoms. The van der Waals surface area contributed by atoms with E-state index in [1.165, 1.54) is 103 Å². The van der Waals surface area contributed by atoms with Gasteiger partial charge in [-0.25, -0.2) is 0 Å². The number of esters is 2. The van der Waals surface area contributed by atoms with Crippen LogP contribution in [0.15, 0.2) is 182 Å². The van der Waals surface area contributed by atoms with E-state index in [0.29, 0.717) is 12.8 Å². The molecule has 1 unspecified atom stereocenters. The topological polar surface area (TPSA) is 72.8 Å². The third-order valence-electron chi connectivity index (χ3n) is 13.7. The van der Waals surface area contributed by atoms with E-state index in [1.807, 2.05) is 0 Å². The maximum atomic E-state index is 12.4. The number of allylic oxidation sites excluding steroid dienone is 30. The van der Waals surface area contributed by atoms with Gasteiger partial charge in [0.25, 0.3) is 0 Å². The second-order valence-electron chi connectivity index (χ2n) is 21.4. The molecular weight excluding hydrogens is 1000 g/mol. The van der Waals surface area contributed by atoms with Crippen LogP contribution < -0.4 is 0 Å². The van der Waals surface area contributed by atoms with Crippen LogP contribution in [0.5, 0.6) is 0 Å². The Hall–Kier alpha value is -5.00. The van der Waals surface area contributed by atoms with Crippen LogP contribution in [0.2, 0.25) is 0 Å². The molecule has 0 heterocycles. The van der Waals surface area contributed by atoms with Crippen LogP contribution in [0.25, 0.3) is 0 Å². The molecule has 5 nitrogen and oxygen atoms in total. The van der Waals surface area contributed by atoms with Crippen LogP contribution in [-0.4, -0.2) is 36.4 Å². The first-order valence-corrected chi connectivity index (χ1v) is 33.3. The fourth-order valence-electron chi connectivity index (χ4n) is 8.79. The van der Waals surface area contributed by atoms with E-state index in [0.717, 1.165) is 141 Å². The molecule has 0 aliphatic carbocycles. The Bertz CT molecular complexity index is 1850. The molecule has 0 aromatic heterocycles. The van der Waals surface area contributed by atoms with Gasteiger partial charge in [-0.15, -0.1) is 0 Å². The van der Waals surface area contributed by atoms with E-state index in [9.17, 15) is 14.7 Å². The van der Waals surface area contributed by atoms with Gasteiger partial charge in [-0.1, -0.05) is 305 Å². The molecule has 0 saturated heterocycles. The molecule has 0 aromatic rings. The minimum absolute atomic E-state index is 0.0809. The van der Waals surface area contributed by atoms with Crippen LogP contribution in [0.3, 0.4) is 0 Å². The maximum Gasteiger partial charge on any atom is 0.306 e. The molecule has 0 aliphatic heterocycles. The minimum atomic E-state index is -0.793. The van der Waals surface area contributed by atoms with E-state index in [1.54, 1.807) is 0 Å². The van der Waals surface area contributed by atoms with Crippen molar-refractivity contribution in [3.8, 4) is 0 Å². The number of aliphatic hydroxyl groups excluding tert-OH is 1. The van der Waals surface area contributed by atoms with Gasteiger partial charge in [0.2, 0.25) is 0 Å².